The minimum Gasteiger partial charge on any atom is -0.347 e. The molecule has 5 nitrogen and oxygen atoms in total. The summed E-state index contributed by atoms with van der Waals surface area (Å²) in [7, 11) is 0. The van der Waals surface area contributed by atoms with Gasteiger partial charge in [0.15, 0.2) is 0 Å². The summed E-state index contributed by atoms with van der Waals surface area (Å²) in [5.74, 6) is -5.58. The Balaban J connectivity index is 1.74. The number of H-pyrrole nitrogens is 1. The highest BCUT2D eigenvalue weighted by Gasteiger charge is 2.31. The Labute approximate surface area is 179 Å². The minimum absolute atomic E-state index is 0.00476. The van der Waals surface area contributed by atoms with Gasteiger partial charge >= 0.3 is 0 Å². The maximum atomic E-state index is 15.3. The number of fused-ring (bicyclic) bond motifs is 1. The second kappa shape index (κ2) is 8.43. The van der Waals surface area contributed by atoms with Crippen LogP contribution in [0.25, 0.3) is 10.9 Å². The largest absolute Gasteiger partial charge is 0.347 e. The van der Waals surface area contributed by atoms with Crippen LogP contribution in [0.1, 0.15) is 43.0 Å². The number of benzene rings is 1. The van der Waals surface area contributed by atoms with E-state index < -0.39 is 52.3 Å². The molecule has 32 heavy (non-hydrogen) atoms. The molecule has 0 bridgehead atoms. The van der Waals surface area contributed by atoms with Gasteiger partial charge in [-0.2, -0.15) is 0 Å². The van der Waals surface area contributed by atoms with Crippen molar-refractivity contribution in [3.63, 3.8) is 0 Å². The third-order valence-corrected chi connectivity index (χ3v) is 5.32. The van der Waals surface area contributed by atoms with Crippen LogP contribution in [0.4, 0.5) is 17.6 Å². The minimum atomic E-state index is -1.28. The monoisotopic (exact) mass is 443 g/mol. The van der Waals surface area contributed by atoms with Crippen LogP contribution in [-0.4, -0.2) is 15.9 Å². The van der Waals surface area contributed by atoms with Crippen molar-refractivity contribution in [1.82, 2.24) is 15.3 Å². The highest BCUT2D eigenvalue weighted by atomic mass is 19.1. The average molecular weight is 443 g/mol. The summed E-state index contributed by atoms with van der Waals surface area (Å²) in [4.78, 5) is 32.0. The van der Waals surface area contributed by atoms with Crippen molar-refractivity contribution in [1.29, 1.82) is 0 Å². The number of hydrogen-bond donors (Lipinski definition) is 2. The standard InChI is InChI=1S/C23H17F4N3O2/c1-11(21-17(26)9-14(25)10-28-21)29-22(31)16(7-12-3-2-4-12)19-20(27)15-8-13(24)5-6-18(15)30-23(19)32/h2,5-6,8-11,16H,3,7H2,1H3,(H,29,31)(H,30,32)/t11-,16-/m1/s1. The van der Waals surface area contributed by atoms with Crippen LogP contribution in [0.5, 0.6) is 0 Å². The van der Waals surface area contributed by atoms with E-state index in [-0.39, 0.29) is 23.0 Å². The summed E-state index contributed by atoms with van der Waals surface area (Å²) in [6, 6.07) is 2.89. The Kier molecular flexibility index (Phi) is 5.67. The van der Waals surface area contributed by atoms with Crippen molar-refractivity contribution >= 4 is 16.8 Å². The number of pyridine rings is 2. The molecule has 2 N–H and O–H groups in total. The lowest BCUT2D eigenvalue weighted by Gasteiger charge is -2.22. The lowest BCUT2D eigenvalue weighted by atomic mass is 9.87. The molecule has 0 radical (unpaired) electrons. The van der Waals surface area contributed by atoms with Crippen LogP contribution >= 0.6 is 0 Å². The van der Waals surface area contributed by atoms with Crippen molar-refractivity contribution in [2.45, 2.75) is 31.7 Å². The van der Waals surface area contributed by atoms with Gasteiger partial charge in [-0.3, -0.25) is 14.6 Å². The summed E-state index contributed by atoms with van der Waals surface area (Å²) in [5, 5.41) is 2.34. The van der Waals surface area contributed by atoms with Crippen LogP contribution in [0.15, 0.2) is 52.6 Å². The summed E-state index contributed by atoms with van der Waals surface area (Å²) in [6.45, 7) is 1.43. The Morgan fingerprint density at radius 3 is 2.62 bits per heavy atom. The second-order valence-corrected chi connectivity index (χ2v) is 7.54. The Morgan fingerprint density at radius 1 is 1.22 bits per heavy atom. The number of nitrogens with zero attached hydrogens (tertiary/aromatic N) is 1. The van der Waals surface area contributed by atoms with Gasteiger partial charge < -0.3 is 10.3 Å². The first-order chi connectivity index (χ1) is 15.2. The van der Waals surface area contributed by atoms with E-state index >= 15 is 4.39 Å². The predicted octanol–water partition coefficient (Wildman–Crippen LogP) is 4.32. The number of nitrogens with one attached hydrogen (secondary N) is 2. The number of allylic oxidation sites excluding steroid dienone is 1. The maximum Gasteiger partial charge on any atom is 0.255 e. The number of carbonyl (C=O) groups excluding carboxylic acids is 1. The van der Waals surface area contributed by atoms with Crippen LogP contribution in [0.2, 0.25) is 0 Å². The molecule has 1 aliphatic rings. The smallest absolute Gasteiger partial charge is 0.255 e. The molecule has 4 rings (SSSR count). The van der Waals surface area contributed by atoms with E-state index in [1.807, 2.05) is 0 Å². The van der Waals surface area contributed by atoms with Gasteiger partial charge in [0, 0.05) is 17.9 Å². The number of aromatic nitrogens is 2. The van der Waals surface area contributed by atoms with Crippen LogP contribution in [-0.2, 0) is 4.79 Å². The van der Waals surface area contributed by atoms with Gasteiger partial charge in [0.05, 0.1) is 34.9 Å². The first-order valence-corrected chi connectivity index (χ1v) is 9.79. The molecule has 164 valence electrons. The molecule has 1 aliphatic carbocycles. The zero-order chi connectivity index (χ0) is 23.0. The molecular weight excluding hydrogens is 426 g/mol. The Morgan fingerprint density at radius 2 is 1.97 bits per heavy atom. The fraction of sp³-hybridized carbons (Fsp3) is 0.217. The average Bonchev–Trinajstić information content (AvgIpc) is 2.69. The van der Waals surface area contributed by atoms with Crippen molar-refractivity contribution < 1.29 is 22.4 Å². The first kappa shape index (κ1) is 21.5. The van der Waals surface area contributed by atoms with Gasteiger partial charge in [-0.1, -0.05) is 0 Å². The number of rotatable bonds is 6. The van der Waals surface area contributed by atoms with E-state index in [0.29, 0.717) is 18.1 Å². The van der Waals surface area contributed by atoms with Gasteiger partial charge in [-0.25, -0.2) is 17.6 Å². The Bertz CT molecular complexity index is 1360. The molecule has 3 aromatic rings. The highest BCUT2D eigenvalue weighted by molar-refractivity contribution is 5.87. The van der Waals surface area contributed by atoms with Gasteiger partial charge in [0.2, 0.25) is 5.91 Å². The van der Waals surface area contributed by atoms with Crippen LogP contribution in [0.3, 0.4) is 0 Å². The molecular formula is C23H17F4N3O2. The molecule has 2 atom stereocenters. The summed E-state index contributed by atoms with van der Waals surface area (Å²) in [6.07, 6.45) is 3.05. The topological polar surface area (TPSA) is 74.8 Å². The molecule has 0 unspecified atom stereocenters. The van der Waals surface area contributed by atoms with Crippen molar-refractivity contribution in [3.8, 4) is 0 Å². The maximum absolute atomic E-state index is 15.3. The van der Waals surface area contributed by atoms with E-state index in [9.17, 15) is 22.8 Å². The van der Waals surface area contributed by atoms with Crippen molar-refractivity contribution in [2.24, 2.45) is 0 Å². The van der Waals surface area contributed by atoms with Gasteiger partial charge in [0.25, 0.3) is 5.56 Å². The molecule has 0 spiro atoms. The van der Waals surface area contributed by atoms with Crippen LogP contribution < -0.4 is 10.9 Å². The number of hydrogen-bond acceptors (Lipinski definition) is 3. The summed E-state index contributed by atoms with van der Waals surface area (Å²) < 4.78 is 56.2. The number of aromatic amines is 1. The first-order valence-electron chi connectivity index (χ1n) is 9.79. The van der Waals surface area contributed by atoms with Crippen molar-refractivity contribution in [2.75, 3.05) is 0 Å². The molecule has 2 heterocycles. The molecule has 0 aliphatic heterocycles. The molecule has 0 fully saturated rings. The lowest BCUT2D eigenvalue weighted by Crippen LogP contribution is -2.36. The number of amides is 1. The van der Waals surface area contributed by atoms with E-state index in [1.165, 1.54) is 13.0 Å². The van der Waals surface area contributed by atoms with Crippen molar-refractivity contribution in [3.05, 3.63) is 92.7 Å². The molecule has 1 aromatic carbocycles. The number of carbonyl (C=O) groups is 1. The molecule has 0 saturated heterocycles. The van der Waals surface area contributed by atoms with E-state index in [1.54, 1.807) is 6.08 Å². The van der Waals surface area contributed by atoms with Gasteiger partial charge in [-0.05, 0) is 43.2 Å². The molecule has 0 saturated carbocycles. The third kappa shape index (κ3) is 4.07. The quantitative estimate of drug-likeness (QED) is 0.440. The summed E-state index contributed by atoms with van der Waals surface area (Å²) in [5.41, 5.74) is 2.18. The molecule has 1 amide bonds. The second-order valence-electron chi connectivity index (χ2n) is 7.54. The van der Waals surface area contributed by atoms with Gasteiger partial charge in [0.1, 0.15) is 23.3 Å². The van der Waals surface area contributed by atoms with E-state index in [0.717, 1.165) is 18.3 Å². The third-order valence-electron chi connectivity index (χ3n) is 5.32. The normalized spacial score (nSPS) is 14.6. The fourth-order valence-electron chi connectivity index (χ4n) is 3.64. The lowest BCUT2D eigenvalue weighted by molar-refractivity contribution is -0.123. The zero-order valence-electron chi connectivity index (χ0n) is 16.8. The predicted molar refractivity (Wildman–Crippen MR) is 109 cm³/mol. The fourth-order valence-corrected chi connectivity index (χ4v) is 3.64. The highest BCUT2D eigenvalue weighted by Crippen LogP contribution is 2.31. The number of halogens is 4. The SMILES string of the molecule is C[C@@H](NC(=O)[C@H](CC1=C=CC1)c1c(F)c2cc(F)ccc2[nH]c1=O)c1ncc(F)cc1F. The molecule has 2 aromatic heterocycles. The van der Waals surface area contributed by atoms with Gasteiger partial charge in [-0.15, -0.1) is 5.73 Å². The zero-order valence-corrected chi connectivity index (χ0v) is 16.8. The molecule has 9 heteroatoms. The van der Waals surface area contributed by atoms with E-state index in [2.05, 4.69) is 21.0 Å². The van der Waals surface area contributed by atoms with Crippen LogP contribution in [0, 0.1) is 23.3 Å². The Hall–Kier alpha value is -3.71. The van der Waals surface area contributed by atoms with E-state index in [4.69, 9.17) is 0 Å². The summed E-state index contributed by atoms with van der Waals surface area (Å²) >= 11 is 0.